The highest BCUT2D eigenvalue weighted by atomic mass is 16.2. The molecule has 1 aromatic carbocycles. The fourth-order valence-corrected chi connectivity index (χ4v) is 1.95. The first kappa shape index (κ1) is 17.1. The third-order valence-corrected chi connectivity index (χ3v) is 3.04. The lowest BCUT2D eigenvalue weighted by Gasteiger charge is -2.11. The molecule has 0 radical (unpaired) electrons. The summed E-state index contributed by atoms with van der Waals surface area (Å²) in [4.78, 5) is 23.1. The number of hydrogen-bond donors (Lipinski definition) is 1. The van der Waals surface area contributed by atoms with Gasteiger partial charge >= 0.3 is 0 Å². The summed E-state index contributed by atoms with van der Waals surface area (Å²) in [6.07, 6.45) is 5.49. The van der Waals surface area contributed by atoms with Crippen molar-refractivity contribution in [2.75, 3.05) is 6.54 Å². The number of nitrogens with zero attached hydrogens (tertiary/aromatic N) is 1. The molecule has 0 bridgehead atoms. The quantitative estimate of drug-likeness (QED) is 0.846. The van der Waals surface area contributed by atoms with E-state index in [-0.39, 0.29) is 17.9 Å². The van der Waals surface area contributed by atoms with E-state index in [2.05, 4.69) is 12.1 Å². The molecule has 1 aliphatic rings. The molecule has 21 heavy (non-hydrogen) atoms. The van der Waals surface area contributed by atoms with Crippen molar-refractivity contribution in [1.82, 2.24) is 4.90 Å². The second kappa shape index (κ2) is 9.08. The minimum Gasteiger partial charge on any atom is -0.328 e. The number of benzene rings is 1. The van der Waals surface area contributed by atoms with E-state index < -0.39 is 0 Å². The van der Waals surface area contributed by atoms with E-state index in [0.717, 1.165) is 19.3 Å². The van der Waals surface area contributed by atoms with Gasteiger partial charge in [0, 0.05) is 24.7 Å². The molecule has 0 saturated carbocycles. The molecular formula is C17H24N2O2. The van der Waals surface area contributed by atoms with Gasteiger partial charge in [-0.1, -0.05) is 43.7 Å². The Labute approximate surface area is 126 Å². The van der Waals surface area contributed by atoms with E-state index >= 15 is 0 Å². The molecule has 1 aromatic rings. The first-order valence-corrected chi connectivity index (χ1v) is 7.37. The molecule has 0 saturated heterocycles. The summed E-state index contributed by atoms with van der Waals surface area (Å²) in [7, 11) is 0. The van der Waals surface area contributed by atoms with Crippen LogP contribution in [0.2, 0.25) is 0 Å². The number of carbonyl (C=O) groups excluding carboxylic acids is 2. The normalized spacial score (nSPS) is 14.9. The van der Waals surface area contributed by atoms with Crippen molar-refractivity contribution in [2.45, 2.75) is 39.2 Å². The van der Waals surface area contributed by atoms with Crippen LogP contribution < -0.4 is 5.73 Å². The predicted molar refractivity (Wildman–Crippen MR) is 84.6 cm³/mol. The highest BCUT2D eigenvalue weighted by molar-refractivity contribution is 6.12. The number of imide groups is 1. The molecule has 2 N–H and O–H groups in total. The molecule has 4 heteroatoms. The number of amides is 2. The molecule has 1 atom stereocenters. The van der Waals surface area contributed by atoms with Gasteiger partial charge in [0.05, 0.1) is 0 Å². The van der Waals surface area contributed by atoms with Crippen molar-refractivity contribution in [2.24, 2.45) is 5.73 Å². The Kier molecular flexibility index (Phi) is 7.40. The summed E-state index contributed by atoms with van der Waals surface area (Å²) in [5, 5.41) is 0. The van der Waals surface area contributed by atoms with Crippen LogP contribution >= 0.6 is 0 Å². The maximum absolute atomic E-state index is 10.9. The minimum absolute atomic E-state index is 0.177. The average molecular weight is 288 g/mol. The Bertz CT molecular complexity index is 463. The standard InChI is InChI=1S/C9H13N.C8H11NO2/c1-8(10)7-9-5-3-2-4-6-9;1-2-3-6-9-7(10)4-5-8(9)11/h2-6,8H,7,10H2,1H3;4-5H,2-3,6H2,1H3. The predicted octanol–water partition coefficient (Wildman–Crippen LogP) is 2.29. The highest BCUT2D eigenvalue weighted by Gasteiger charge is 2.21. The molecule has 1 unspecified atom stereocenters. The molecule has 0 aromatic heterocycles. The van der Waals surface area contributed by atoms with Crippen molar-refractivity contribution in [3.63, 3.8) is 0 Å². The fourth-order valence-electron chi connectivity index (χ4n) is 1.95. The zero-order valence-corrected chi connectivity index (χ0v) is 12.8. The van der Waals surface area contributed by atoms with Crippen LogP contribution in [-0.2, 0) is 16.0 Å². The summed E-state index contributed by atoms with van der Waals surface area (Å²) >= 11 is 0. The molecule has 0 fully saturated rings. The van der Waals surface area contributed by atoms with Crippen molar-refractivity contribution < 1.29 is 9.59 Å². The first-order valence-electron chi connectivity index (χ1n) is 7.37. The van der Waals surface area contributed by atoms with Crippen molar-refractivity contribution in [3.05, 3.63) is 48.0 Å². The lowest BCUT2D eigenvalue weighted by atomic mass is 10.1. The van der Waals surface area contributed by atoms with Gasteiger partial charge in [-0.3, -0.25) is 14.5 Å². The Hall–Kier alpha value is -1.94. The zero-order valence-electron chi connectivity index (χ0n) is 12.8. The summed E-state index contributed by atoms with van der Waals surface area (Å²) in [5.74, 6) is -0.355. The Morgan fingerprint density at radius 3 is 2.14 bits per heavy atom. The summed E-state index contributed by atoms with van der Waals surface area (Å²) < 4.78 is 0. The molecule has 1 aliphatic heterocycles. The van der Waals surface area contributed by atoms with Crippen molar-refractivity contribution in [3.8, 4) is 0 Å². The van der Waals surface area contributed by atoms with Crippen LogP contribution in [0.25, 0.3) is 0 Å². The molecule has 0 spiro atoms. The van der Waals surface area contributed by atoms with E-state index in [1.807, 2.05) is 32.0 Å². The second-order valence-electron chi connectivity index (χ2n) is 5.18. The number of nitrogens with two attached hydrogens (primary N) is 1. The molecule has 1 heterocycles. The van der Waals surface area contributed by atoms with Gasteiger partial charge in [0.2, 0.25) is 0 Å². The van der Waals surface area contributed by atoms with Crippen LogP contribution in [0.15, 0.2) is 42.5 Å². The molecule has 114 valence electrons. The van der Waals surface area contributed by atoms with Gasteiger partial charge in [-0.15, -0.1) is 0 Å². The van der Waals surface area contributed by atoms with Gasteiger partial charge in [-0.25, -0.2) is 0 Å². The van der Waals surface area contributed by atoms with Gasteiger partial charge in [0.25, 0.3) is 11.8 Å². The largest absolute Gasteiger partial charge is 0.328 e. The zero-order chi connectivity index (χ0) is 15.7. The van der Waals surface area contributed by atoms with E-state index in [0.29, 0.717) is 6.54 Å². The summed E-state index contributed by atoms with van der Waals surface area (Å²) in [6, 6.07) is 10.6. The van der Waals surface area contributed by atoms with E-state index in [1.54, 1.807) is 0 Å². The monoisotopic (exact) mass is 288 g/mol. The number of unbranched alkanes of at least 4 members (excludes halogenated alkanes) is 1. The molecule has 4 nitrogen and oxygen atoms in total. The van der Waals surface area contributed by atoms with Gasteiger partial charge in [0.1, 0.15) is 0 Å². The van der Waals surface area contributed by atoms with Crippen LogP contribution in [-0.4, -0.2) is 29.3 Å². The van der Waals surface area contributed by atoms with Crippen LogP contribution in [0, 0.1) is 0 Å². The van der Waals surface area contributed by atoms with Crippen LogP contribution in [0.4, 0.5) is 0 Å². The average Bonchev–Trinajstić information content (AvgIpc) is 2.77. The Morgan fingerprint density at radius 2 is 1.67 bits per heavy atom. The maximum atomic E-state index is 10.9. The van der Waals surface area contributed by atoms with Gasteiger partial charge in [-0.05, 0) is 25.3 Å². The Morgan fingerprint density at radius 1 is 1.10 bits per heavy atom. The number of hydrogen-bond acceptors (Lipinski definition) is 3. The van der Waals surface area contributed by atoms with E-state index in [9.17, 15) is 9.59 Å². The highest BCUT2D eigenvalue weighted by Crippen LogP contribution is 2.04. The number of rotatable bonds is 5. The van der Waals surface area contributed by atoms with Crippen LogP contribution in [0.1, 0.15) is 32.3 Å². The molecule has 0 aliphatic carbocycles. The summed E-state index contributed by atoms with van der Waals surface area (Å²) in [5.41, 5.74) is 6.94. The second-order valence-corrected chi connectivity index (χ2v) is 5.18. The summed E-state index contributed by atoms with van der Waals surface area (Å²) in [6.45, 7) is 4.60. The van der Waals surface area contributed by atoms with Crippen LogP contribution in [0.3, 0.4) is 0 Å². The number of carbonyl (C=O) groups is 2. The fraction of sp³-hybridized carbons (Fsp3) is 0.412. The lowest BCUT2D eigenvalue weighted by molar-refractivity contribution is -0.136. The third-order valence-electron chi connectivity index (χ3n) is 3.04. The molecular weight excluding hydrogens is 264 g/mol. The lowest BCUT2D eigenvalue weighted by Crippen LogP contribution is -2.30. The topological polar surface area (TPSA) is 63.4 Å². The SMILES string of the molecule is CC(N)Cc1ccccc1.CCCCN1C(=O)C=CC1=O. The smallest absolute Gasteiger partial charge is 0.253 e. The van der Waals surface area contributed by atoms with Crippen molar-refractivity contribution in [1.29, 1.82) is 0 Å². The Balaban J connectivity index is 0.000000211. The minimum atomic E-state index is -0.177. The maximum Gasteiger partial charge on any atom is 0.253 e. The third kappa shape index (κ3) is 6.36. The van der Waals surface area contributed by atoms with Gasteiger partial charge < -0.3 is 5.73 Å². The van der Waals surface area contributed by atoms with Crippen LogP contribution in [0.5, 0.6) is 0 Å². The van der Waals surface area contributed by atoms with Crippen molar-refractivity contribution >= 4 is 11.8 Å². The van der Waals surface area contributed by atoms with Gasteiger partial charge in [0.15, 0.2) is 0 Å². The van der Waals surface area contributed by atoms with E-state index in [4.69, 9.17) is 5.73 Å². The molecule has 2 rings (SSSR count). The first-order chi connectivity index (χ1) is 10.0. The molecule has 2 amide bonds. The van der Waals surface area contributed by atoms with Gasteiger partial charge in [-0.2, -0.15) is 0 Å². The van der Waals surface area contributed by atoms with E-state index in [1.165, 1.54) is 22.6 Å².